The molecule has 2 bridgehead atoms. The van der Waals surface area contributed by atoms with Gasteiger partial charge >= 0.3 is 0 Å². The van der Waals surface area contributed by atoms with Crippen LogP contribution >= 0.6 is 0 Å². The molecule has 2 N–H and O–H groups in total. The molecule has 0 radical (unpaired) electrons. The summed E-state index contributed by atoms with van der Waals surface area (Å²) in [6.07, 6.45) is 4.48. The Morgan fingerprint density at radius 3 is 2.46 bits per heavy atom. The van der Waals surface area contributed by atoms with E-state index in [1.54, 1.807) is 12.1 Å². The van der Waals surface area contributed by atoms with Crippen LogP contribution in [0.5, 0.6) is 11.5 Å². The van der Waals surface area contributed by atoms with Gasteiger partial charge in [0, 0.05) is 5.92 Å². The van der Waals surface area contributed by atoms with Crippen molar-refractivity contribution >= 4 is 11.8 Å². The van der Waals surface area contributed by atoms with Crippen molar-refractivity contribution in [3.63, 3.8) is 0 Å². The van der Waals surface area contributed by atoms with Gasteiger partial charge in [-0.3, -0.25) is 20.4 Å². The molecule has 24 heavy (non-hydrogen) atoms. The van der Waals surface area contributed by atoms with Crippen LogP contribution in [0.2, 0.25) is 0 Å². The molecule has 2 aliphatic carbocycles. The minimum atomic E-state index is -0.391. The van der Waals surface area contributed by atoms with Gasteiger partial charge in [0.15, 0.2) is 18.1 Å². The summed E-state index contributed by atoms with van der Waals surface area (Å²) in [7, 11) is 0. The second-order valence-corrected chi connectivity index (χ2v) is 6.49. The van der Waals surface area contributed by atoms with Gasteiger partial charge in [-0.25, -0.2) is 0 Å². The fraction of sp³-hybridized carbons (Fsp3) is 0.556. The van der Waals surface area contributed by atoms with Crippen LogP contribution in [0, 0.1) is 17.8 Å². The maximum atomic E-state index is 12.2. The molecule has 6 nitrogen and oxygen atoms in total. The standard InChI is InChI=1S/C18H24N2O4/c1-2-23-15-5-3-4-6-16(15)24-11-17(21)19-20-18(22)14-10-12-7-8-13(14)9-12/h3-6,12-14H,2,7-11H2,1H3,(H,19,21)(H,20,22). The molecule has 1 aromatic rings. The molecular formula is C18H24N2O4. The van der Waals surface area contributed by atoms with Crippen LogP contribution < -0.4 is 20.3 Å². The predicted octanol–water partition coefficient (Wildman–Crippen LogP) is 2.05. The van der Waals surface area contributed by atoms with Gasteiger partial charge in [-0.2, -0.15) is 0 Å². The fourth-order valence-corrected chi connectivity index (χ4v) is 3.81. The molecule has 130 valence electrons. The van der Waals surface area contributed by atoms with E-state index < -0.39 is 5.91 Å². The smallest absolute Gasteiger partial charge is 0.276 e. The van der Waals surface area contributed by atoms with Crippen molar-refractivity contribution in [2.24, 2.45) is 17.8 Å². The van der Waals surface area contributed by atoms with Crippen LogP contribution in [0.4, 0.5) is 0 Å². The van der Waals surface area contributed by atoms with Crippen molar-refractivity contribution in [1.82, 2.24) is 10.9 Å². The van der Waals surface area contributed by atoms with E-state index in [4.69, 9.17) is 9.47 Å². The first-order valence-corrected chi connectivity index (χ1v) is 8.60. The summed E-state index contributed by atoms with van der Waals surface area (Å²) in [5.74, 6) is 1.86. The van der Waals surface area contributed by atoms with E-state index in [1.165, 1.54) is 6.42 Å². The first-order valence-electron chi connectivity index (χ1n) is 8.60. The molecule has 0 saturated heterocycles. The Kier molecular flexibility index (Phi) is 5.23. The maximum absolute atomic E-state index is 12.2. The Morgan fingerprint density at radius 2 is 1.83 bits per heavy atom. The monoisotopic (exact) mass is 332 g/mol. The fourth-order valence-electron chi connectivity index (χ4n) is 3.81. The van der Waals surface area contributed by atoms with E-state index >= 15 is 0 Å². The van der Waals surface area contributed by atoms with Gasteiger partial charge in [0.2, 0.25) is 5.91 Å². The first kappa shape index (κ1) is 16.6. The van der Waals surface area contributed by atoms with Gasteiger partial charge in [0.05, 0.1) is 6.61 Å². The van der Waals surface area contributed by atoms with Crippen molar-refractivity contribution in [2.75, 3.05) is 13.2 Å². The third-order valence-electron chi connectivity index (χ3n) is 4.91. The Balaban J connectivity index is 1.42. The number of hydrazine groups is 1. The molecule has 0 heterocycles. The average Bonchev–Trinajstić information content (AvgIpc) is 3.22. The van der Waals surface area contributed by atoms with Crippen molar-refractivity contribution in [3.05, 3.63) is 24.3 Å². The van der Waals surface area contributed by atoms with Crippen LogP contribution in [0.1, 0.15) is 32.6 Å². The summed E-state index contributed by atoms with van der Waals surface area (Å²) >= 11 is 0. The number of carbonyl (C=O) groups is 2. The van der Waals surface area contributed by atoms with E-state index in [2.05, 4.69) is 10.9 Å². The summed E-state index contributed by atoms with van der Waals surface area (Å²) in [6.45, 7) is 2.22. The van der Waals surface area contributed by atoms with Gasteiger partial charge in [0.1, 0.15) is 0 Å². The van der Waals surface area contributed by atoms with Crippen LogP contribution in [-0.2, 0) is 9.59 Å². The predicted molar refractivity (Wildman–Crippen MR) is 88.3 cm³/mol. The van der Waals surface area contributed by atoms with E-state index in [-0.39, 0.29) is 18.4 Å². The van der Waals surface area contributed by atoms with Crippen molar-refractivity contribution in [1.29, 1.82) is 0 Å². The lowest BCUT2D eigenvalue weighted by atomic mass is 9.88. The zero-order valence-corrected chi connectivity index (χ0v) is 13.9. The van der Waals surface area contributed by atoms with E-state index in [1.807, 2.05) is 19.1 Å². The molecule has 1 aromatic carbocycles. The molecule has 2 amide bonds. The van der Waals surface area contributed by atoms with Gasteiger partial charge in [0.25, 0.3) is 5.91 Å². The minimum Gasteiger partial charge on any atom is -0.490 e. The number of hydrogen-bond donors (Lipinski definition) is 2. The lowest BCUT2D eigenvalue weighted by molar-refractivity contribution is -0.133. The van der Waals surface area contributed by atoms with E-state index in [9.17, 15) is 9.59 Å². The Hall–Kier alpha value is -2.24. The highest BCUT2D eigenvalue weighted by Gasteiger charge is 2.43. The normalized spacial score (nSPS) is 24.5. The first-order chi connectivity index (χ1) is 11.7. The van der Waals surface area contributed by atoms with E-state index in [0.29, 0.717) is 29.9 Å². The van der Waals surface area contributed by atoms with Crippen LogP contribution in [0.15, 0.2) is 24.3 Å². The lowest BCUT2D eigenvalue weighted by Gasteiger charge is -2.20. The molecule has 0 aliphatic heterocycles. The van der Waals surface area contributed by atoms with Gasteiger partial charge in [-0.15, -0.1) is 0 Å². The van der Waals surface area contributed by atoms with Gasteiger partial charge < -0.3 is 9.47 Å². The van der Waals surface area contributed by atoms with E-state index in [0.717, 1.165) is 19.3 Å². The Bertz CT molecular complexity index is 604. The zero-order valence-electron chi connectivity index (χ0n) is 13.9. The van der Waals surface area contributed by atoms with Crippen LogP contribution in [0.3, 0.4) is 0 Å². The SMILES string of the molecule is CCOc1ccccc1OCC(=O)NNC(=O)C1CC2CCC1C2. The summed E-state index contributed by atoms with van der Waals surface area (Å²) in [4.78, 5) is 24.0. The van der Waals surface area contributed by atoms with Gasteiger partial charge in [-0.05, 0) is 50.2 Å². The second kappa shape index (κ2) is 7.55. The topological polar surface area (TPSA) is 76.7 Å². The number of para-hydroxylation sites is 2. The molecule has 6 heteroatoms. The number of hydrogen-bond acceptors (Lipinski definition) is 4. The van der Waals surface area contributed by atoms with Gasteiger partial charge in [-0.1, -0.05) is 18.6 Å². The Morgan fingerprint density at radius 1 is 1.08 bits per heavy atom. The number of fused-ring (bicyclic) bond motifs is 2. The summed E-state index contributed by atoms with van der Waals surface area (Å²) in [6, 6.07) is 7.18. The minimum absolute atomic E-state index is 0.0450. The number of benzene rings is 1. The van der Waals surface area contributed by atoms with Crippen molar-refractivity contribution < 1.29 is 19.1 Å². The molecule has 3 rings (SSSR count). The molecular weight excluding hydrogens is 308 g/mol. The van der Waals surface area contributed by atoms with Crippen molar-refractivity contribution in [2.45, 2.75) is 32.6 Å². The third-order valence-corrected chi connectivity index (χ3v) is 4.91. The van der Waals surface area contributed by atoms with Crippen LogP contribution in [-0.4, -0.2) is 25.0 Å². The number of amides is 2. The molecule has 0 spiro atoms. The maximum Gasteiger partial charge on any atom is 0.276 e. The molecule has 3 unspecified atom stereocenters. The molecule has 2 saturated carbocycles. The molecule has 2 fully saturated rings. The largest absolute Gasteiger partial charge is 0.490 e. The number of carbonyl (C=O) groups excluding carboxylic acids is 2. The van der Waals surface area contributed by atoms with Crippen LogP contribution in [0.25, 0.3) is 0 Å². The molecule has 2 aliphatic rings. The quantitative estimate of drug-likeness (QED) is 0.782. The second-order valence-electron chi connectivity index (χ2n) is 6.49. The highest BCUT2D eigenvalue weighted by atomic mass is 16.5. The highest BCUT2D eigenvalue weighted by Crippen LogP contribution is 2.48. The number of rotatable bonds is 6. The third kappa shape index (κ3) is 3.80. The number of nitrogens with one attached hydrogen (secondary N) is 2. The number of ether oxygens (including phenoxy) is 2. The average molecular weight is 332 g/mol. The highest BCUT2D eigenvalue weighted by molar-refractivity contribution is 5.84. The van der Waals surface area contributed by atoms with Crippen molar-refractivity contribution in [3.8, 4) is 11.5 Å². The summed E-state index contributed by atoms with van der Waals surface area (Å²) in [5, 5.41) is 0. The summed E-state index contributed by atoms with van der Waals surface area (Å²) in [5.41, 5.74) is 4.97. The summed E-state index contributed by atoms with van der Waals surface area (Å²) < 4.78 is 10.9. The zero-order chi connectivity index (χ0) is 16.9. The lowest BCUT2D eigenvalue weighted by Crippen LogP contribution is -2.47. The Labute approximate surface area is 141 Å². The molecule has 0 aromatic heterocycles. The molecule has 3 atom stereocenters.